The monoisotopic (exact) mass is 683 g/mol. The number of benzene rings is 3. The number of phenols is 1. The number of aliphatic hydroxyl groups is 1. The number of amides is 2. The van der Waals surface area contributed by atoms with Crippen molar-refractivity contribution < 1.29 is 19.7 Å². The number of aromatic hydroxyl groups is 1. The summed E-state index contributed by atoms with van der Waals surface area (Å²) >= 11 is 7.74. The summed E-state index contributed by atoms with van der Waals surface area (Å²) in [4.78, 5) is 15.1. The maximum absolute atomic E-state index is 13.2. The molecular formula is C35H34ClN7O4S. The molecule has 3 heterocycles. The van der Waals surface area contributed by atoms with Crippen LogP contribution in [0.25, 0.3) is 22.7 Å². The first-order valence-corrected chi connectivity index (χ1v) is 16.4. The van der Waals surface area contributed by atoms with Gasteiger partial charge in [-0.25, -0.2) is 9.48 Å². The number of nitrogens with one attached hydrogen (secondary N) is 2. The number of phenolic OH excluding ortho intramolecular Hbond substituents is 1. The highest BCUT2D eigenvalue weighted by atomic mass is 35.5. The van der Waals surface area contributed by atoms with Crippen molar-refractivity contribution in [2.24, 2.45) is 0 Å². The molecule has 0 aliphatic rings. The third-order valence-corrected chi connectivity index (χ3v) is 8.79. The van der Waals surface area contributed by atoms with E-state index in [-0.39, 0.29) is 35.9 Å². The van der Waals surface area contributed by atoms with Gasteiger partial charge in [-0.3, -0.25) is 9.72 Å². The number of nitrogens with zero attached hydrogens (tertiary/aromatic N) is 5. The van der Waals surface area contributed by atoms with E-state index in [0.29, 0.717) is 28.7 Å². The zero-order valence-electron chi connectivity index (χ0n) is 26.5. The summed E-state index contributed by atoms with van der Waals surface area (Å²) in [6.07, 6.45) is 1.97. The lowest BCUT2D eigenvalue weighted by Gasteiger charge is -2.14. The van der Waals surface area contributed by atoms with Crippen LogP contribution in [0.4, 0.5) is 10.6 Å². The molecular weight excluding hydrogens is 650 g/mol. The van der Waals surface area contributed by atoms with Crippen molar-refractivity contribution in [3.8, 4) is 28.6 Å². The number of carbonyl (C=O) groups is 1. The van der Waals surface area contributed by atoms with Crippen LogP contribution in [0.5, 0.6) is 11.5 Å². The zero-order chi connectivity index (χ0) is 33.8. The fourth-order valence-corrected chi connectivity index (χ4v) is 6.06. The number of para-hydroxylation sites is 1. The molecule has 0 aliphatic heterocycles. The Kier molecular flexibility index (Phi) is 9.58. The first kappa shape index (κ1) is 32.9. The number of pyridine rings is 1. The van der Waals surface area contributed by atoms with Crippen molar-refractivity contribution in [3.63, 3.8) is 0 Å². The standard InChI is InChI=1S/C35H34ClN7O4S/c1-35(2,3)30-19-32(43(41-30)23-12-14-27(45)26(36)18-23)38-34(46)37-20-22-8-4-7-11-29(22)48-24-13-15-31-39-40-33(42(31)21-24)25-9-5-6-10-28(25)47-17-16-44/h4-15,18-19,21,44-45H,16-17,20H2,1-3H3,(H2,37,38,46). The van der Waals surface area contributed by atoms with E-state index >= 15 is 0 Å². The van der Waals surface area contributed by atoms with E-state index in [9.17, 15) is 15.0 Å². The number of anilines is 1. The average molecular weight is 684 g/mol. The Bertz CT molecular complexity index is 2090. The van der Waals surface area contributed by atoms with E-state index in [4.69, 9.17) is 21.4 Å². The van der Waals surface area contributed by atoms with Crippen molar-refractivity contribution in [1.82, 2.24) is 29.7 Å². The van der Waals surface area contributed by atoms with Crippen molar-refractivity contribution in [3.05, 3.63) is 107 Å². The average Bonchev–Trinajstić information content (AvgIpc) is 3.69. The molecule has 13 heteroatoms. The van der Waals surface area contributed by atoms with Crippen LogP contribution < -0.4 is 15.4 Å². The predicted molar refractivity (Wildman–Crippen MR) is 186 cm³/mol. The number of hydrogen-bond donors (Lipinski definition) is 4. The lowest BCUT2D eigenvalue weighted by atomic mass is 9.92. The van der Waals surface area contributed by atoms with Gasteiger partial charge in [0, 0.05) is 34.0 Å². The Balaban J connectivity index is 1.20. The number of urea groups is 1. The summed E-state index contributed by atoms with van der Waals surface area (Å²) in [6, 6.07) is 25.5. The first-order valence-electron chi connectivity index (χ1n) is 15.2. The van der Waals surface area contributed by atoms with Crippen LogP contribution in [0, 0.1) is 0 Å². The Morgan fingerprint density at radius 2 is 1.79 bits per heavy atom. The molecule has 0 saturated heterocycles. The molecule has 3 aromatic heterocycles. The smallest absolute Gasteiger partial charge is 0.320 e. The number of halogens is 1. The van der Waals surface area contributed by atoms with Crippen molar-refractivity contribution in [1.29, 1.82) is 0 Å². The summed E-state index contributed by atoms with van der Waals surface area (Å²) < 4.78 is 9.25. The predicted octanol–water partition coefficient (Wildman–Crippen LogP) is 7.08. The van der Waals surface area contributed by atoms with E-state index in [1.54, 1.807) is 28.6 Å². The van der Waals surface area contributed by atoms with Crippen molar-refractivity contribution >= 4 is 40.9 Å². The number of rotatable bonds is 10. The van der Waals surface area contributed by atoms with Gasteiger partial charge < -0.3 is 20.3 Å². The van der Waals surface area contributed by atoms with E-state index < -0.39 is 6.03 Å². The second-order valence-electron chi connectivity index (χ2n) is 11.9. The molecule has 0 aliphatic carbocycles. The van der Waals surface area contributed by atoms with E-state index in [1.165, 1.54) is 6.07 Å². The second kappa shape index (κ2) is 14.0. The molecule has 4 N–H and O–H groups in total. The van der Waals surface area contributed by atoms with Gasteiger partial charge in [-0.15, -0.1) is 10.2 Å². The molecule has 6 rings (SSSR count). The highest BCUT2D eigenvalue weighted by Crippen LogP contribution is 2.34. The molecule has 0 saturated carbocycles. The lowest BCUT2D eigenvalue weighted by molar-refractivity contribution is 0.202. The van der Waals surface area contributed by atoms with Crippen molar-refractivity contribution in [2.45, 2.75) is 42.5 Å². The SMILES string of the molecule is CC(C)(C)c1cc(NC(=O)NCc2ccccc2Sc2ccc3nnc(-c4ccccc4OCCO)n3c2)n(-c2ccc(O)c(Cl)c2)n1. The molecule has 0 atom stereocenters. The number of ether oxygens (including phenoxy) is 1. The maximum Gasteiger partial charge on any atom is 0.320 e. The molecule has 0 bridgehead atoms. The first-order chi connectivity index (χ1) is 23.1. The maximum atomic E-state index is 13.2. The lowest BCUT2D eigenvalue weighted by Crippen LogP contribution is -2.29. The molecule has 0 spiro atoms. The van der Waals surface area contributed by atoms with Crippen LogP contribution in [0.2, 0.25) is 5.02 Å². The summed E-state index contributed by atoms with van der Waals surface area (Å²) in [5.41, 5.74) is 3.47. The minimum atomic E-state index is -0.404. The summed E-state index contributed by atoms with van der Waals surface area (Å²) in [5.74, 6) is 1.65. The number of hydrogen-bond acceptors (Lipinski definition) is 8. The van der Waals surface area contributed by atoms with E-state index in [0.717, 1.165) is 26.6 Å². The molecule has 3 aromatic carbocycles. The fraction of sp³-hybridized carbons (Fsp3) is 0.200. The highest BCUT2D eigenvalue weighted by molar-refractivity contribution is 7.99. The van der Waals surface area contributed by atoms with Crippen molar-refractivity contribution in [2.75, 3.05) is 18.5 Å². The number of fused-ring (bicyclic) bond motifs is 1. The summed E-state index contributed by atoms with van der Waals surface area (Å²) in [6.45, 7) is 6.47. The van der Waals surface area contributed by atoms with Gasteiger partial charge in [0.15, 0.2) is 11.5 Å². The Morgan fingerprint density at radius 3 is 2.58 bits per heavy atom. The number of aliphatic hydroxyl groups excluding tert-OH is 1. The van der Waals surface area contributed by atoms with Gasteiger partial charge in [0.25, 0.3) is 0 Å². The van der Waals surface area contributed by atoms with Gasteiger partial charge in [0.1, 0.15) is 23.9 Å². The Labute approximate surface area is 286 Å². The minimum absolute atomic E-state index is 0.0383. The van der Waals surface area contributed by atoms with Crippen LogP contribution in [-0.2, 0) is 12.0 Å². The third kappa shape index (κ3) is 7.25. The Morgan fingerprint density at radius 1 is 1.00 bits per heavy atom. The summed E-state index contributed by atoms with van der Waals surface area (Å²) in [5, 5.41) is 38.7. The van der Waals surface area contributed by atoms with Crippen LogP contribution in [-0.4, -0.2) is 53.8 Å². The van der Waals surface area contributed by atoms with Gasteiger partial charge in [0.2, 0.25) is 0 Å². The van der Waals surface area contributed by atoms with Crippen LogP contribution in [0.1, 0.15) is 32.0 Å². The molecule has 2 amide bonds. The van der Waals surface area contributed by atoms with Crippen LogP contribution in [0.3, 0.4) is 0 Å². The molecule has 0 fully saturated rings. The minimum Gasteiger partial charge on any atom is -0.506 e. The Hall–Kier alpha value is -5.04. The van der Waals surface area contributed by atoms with Gasteiger partial charge in [-0.1, -0.05) is 74.5 Å². The second-order valence-corrected chi connectivity index (χ2v) is 13.4. The van der Waals surface area contributed by atoms with Crippen LogP contribution >= 0.6 is 23.4 Å². The van der Waals surface area contributed by atoms with Crippen LogP contribution in [0.15, 0.2) is 101 Å². The fourth-order valence-electron chi connectivity index (χ4n) is 4.92. The molecule has 0 radical (unpaired) electrons. The number of carbonyl (C=O) groups excluding carboxylic acids is 1. The quantitative estimate of drug-likeness (QED) is 0.120. The number of aromatic nitrogens is 5. The van der Waals surface area contributed by atoms with E-state index in [1.807, 2.05) is 98.1 Å². The van der Waals surface area contributed by atoms with Gasteiger partial charge >= 0.3 is 6.03 Å². The topological polar surface area (TPSA) is 139 Å². The van der Waals surface area contributed by atoms with Gasteiger partial charge in [0.05, 0.1) is 28.6 Å². The third-order valence-electron chi connectivity index (χ3n) is 7.39. The molecule has 0 unspecified atom stereocenters. The zero-order valence-corrected chi connectivity index (χ0v) is 28.1. The normalized spacial score (nSPS) is 11.5. The highest BCUT2D eigenvalue weighted by Gasteiger charge is 2.22. The molecule has 11 nitrogen and oxygen atoms in total. The van der Waals surface area contributed by atoms with Gasteiger partial charge in [-0.2, -0.15) is 5.10 Å². The van der Waals surface area contributed by atoms with Gasteiger partial charge in [-0.05, 0) is 54.1 Å². The largest absolute Gasteiger partial charge is 0.506 e. The van der Waals surface area contributed by atoms with E-state index in [2.05, 4.69) is 20.8 Å². The molecule has 246 valence electrons. The molecule has 48 heavy (non-hydrogen) atoms. The summed E-state index contributed by atoms with van der Waals surface area (Å²) in [7, 11) is 0. The molecule has 6 aromatic rings.